The van der Waals surface area contributed by atoms with Gasteiger partial charge in [0.05, 0.1) is 34.8 Å². The summed E-state index contributed by atoms with van der Waals surface area (Å²) >= 11 is 0. The van der Waals surface area contributed by atoms with Crippen LogP contribution in [0.4, 0.5) is 5.69 Å². The summed E-state index contributed by atoms with van der Waals surface area (Å²) in [6, 6.07) is 18.7. The highest BCUT2D eigenvalue weighted by Gasteiger charge is 2.24. The Morgan fingerprint density at radius 3 is 2.51 bits per heavy atom. The maximum Gasteiger partial charge on any atom is 0.344 e. The number of esters is 1. The van der Waals surface area contributed by atoms with Crippen molar-refractivity contribution in [3.05, 3.63) is 92.8 Å². The second-order valence-electron chi connectivity index (χ2n) is 8.56. The van der Waals surface area contributed by atoms with Gasteiger partial charge in [0, 0.05) is 17.2 Å². The average molecular weight is 531 g/mol. The smallest absolute Gasteiger partial charge is 0.344 e. The summed E-state index contributed by atoms with van der Waals surface area (Å²) in [5.74, 6) is -0.547. The van der Waals surface area contributed by atoms with Crippen LogP contribution < -0.4 is 15.0 Å². The van der Waals surface area contributed by atoms with Crippen molar-refractivity contribution in [1.82, 2.24) is 9.66 Å². The topological polar surface area (TPSA) is 135 Å². The van der Waals surface area contributed by atoms with Gasteiger partial charge in [0.1, 0.15) is 0 Å². The summed E-state index contributed by atoms with van der Waals surface area (Å²) in [7, 11) is 0. The minimum absolute atomic E-state index is 0.0396. The predicted octanol–water partition coefficient (Wildman–Crippen LogP) is 4.58. The van der Waals surface area contributed by atoms with E-state index in [1.807, 2.05) is 18.2 Å². The highest BCUT2D eigenvalue weighted by atomic mass is 16.6. The molecule has 11 nitrogen and oxygen atoms in total. The van der Waals surface area contributed by atoms with Crippen LogP contribution in [0, 0.1) is 10.1 Å². The number of nitro benzene ring substituents is 1. The molecule has 0 atom stereocenters. The fourth-order valence-corrected chi connectivity index (χ4v) is 3.78. The number of aromatic nitrogens is 2. The first-order chi connectivity index (χ1) is 18.8. The normalized spacial score (nSPS) is 11.2. The van der Waals surface area contributed by atoms with Crippen molar-refractivity contribution in [2.75, 3.05) is 13.2 Å². The van der Waals surface area contributed by atoms with E-state index in [2.05, 4.69) is 10.1 Å². The Balaban J connectivity index is 1.79. The number of fused-ring (bicyclic) bond motifs is 1. The van der Waals surface area contributed by atoms with E-state index in [1.165, 1.54) is 18.3 Å². The molecule has 0 aliphatic heterocycles. The Labute approximate surface area is 223 Å². The summed E-state index contributed by atoms with van der Waals surface area (Å²) in [4.78, 5) is 41.2. The number of hydrogen-bond acceptors (Lipinski definition) is 9. The second-order valence-corrected chi connectivity index (χ2v) is 8.56. The van der Waals surface area contributed by atoms with Crippen LogP contribution in [0.5, 0.6) is 11.5 Å². The van der Waals surface area contributed by atoms with Crippen molar-refractivity contribution >= 4 is 28.8 Å². The first kappa shape index (κ1) is 27.0. The third-order valence-corrected chi connectivity index (χ3v) is 5.36. The zero-order valence-electron chi connectivity index (χ0n) is 21.6. The molecule has 0 fully saturated rings. The molecule has 39 heavy (non-hydrogen) atoms. The molecule has 4 aromatic rings. The summed E-state index contributed by atoms with van der Waals surface area (Å²) in [5, 5.41) is 16.6. The van der Waals surface area contributed by atoms with Gasteiger partial charge in [-0.1, -0.05) is 42.5 Å². The van der Waals surface area contributed by atoms with Crippen molar-refractivity contribution in [3.63, 3.8) is 0 Å². The molecule has 0 radical (unpaired) electrons. The SMILES string of the molecule is CCOc1cc(C=Nn2c(-c3ccccc3)nc3ccccc3c2=O)cc([N+](=O)[O-])c1OCC(=O)OC(C)C. The number of nitrogens with zero attached hydrogens (tertiary/aromatic N) is 4. The Kier molecular flexibility index (Phi) is 8.30. The molecule has 0 saturated heterocycles. The molecule has 0 unspecified atom stereocenters. The fraction of sp³-hybridized carbons (Fsp3) is 0.214. The largest absolute Gasteiger partial charge is 0.490 e. The minimum atomic E-state index is -0.677. The first-order valence-corrected chi connectivity index (χ1v) is 12.2. The van der Waals surface area contributed by atoms with Crippen LogP contribution in [0.3, 0.4) is 0 Å². The molecule has 0 aliphatic carbocycles. The van der Waals surface area contributed by atoms with Crippen LogP contribution in [0.15, 0.2) is 76.6 Å². The maximum atomic E-state index is 13.4. The molecule has 0 saturated carbocycles. The van der Waals surface area contributed by atoms with Crippen LogP contribution >= 0.6 is 0 Å². The zero-order chi connectivity index (χ0) is 27.9. The first-order valence-electron chi connectivity index (χ1n) is 12.2. The molecular formula is C28H26N4O7. The lowest BCUT2D eigenvalue weighted by Gasteiger charge is -2.14. The Morgan fingerprint density at radius 2 is 1.82 bits per heavy atom. The van der Waals surface area contributed by atoms with E-state index in [9.17, 15) is 19.7 Å². The van der Waals surface area contributed by atoms with E-state index in [0.717, 1.165) is 4.68 Å². The summed E-state index contributed by atoms with van der Waals surface area (Å²) in [5.41, 5.74) is 0.599. The van der Waals surface area contributed by atoms with Crippen molar-refractivity contribution in [1.29, 1.82) is 0 Å². The highest BCUT2D eigenvalue weighted by molar-refractivity contribution is 5.84. The monoisotopic (exact) mass is 530 g/mol. The van der Waals surface area contributed by atoms with Gasteiger partial charge in [-0.2, -0.15) is 9.78 Å². The van der Waals surface area contributed by atoms with Gasteiger partial charge >= 0.3 is 11.7 Å². The molecule has 1 heterocycles. The van der Waals surface area contributed by atoms with Gasteiger partial charge in [0.15, 0.2) is 18.2 Å². The Hall–Kier alpha value is -5.06. The number of hydrogen-bond donors (Lipinski definition) is 0. The van der Waals surface area contributed by atoms with E-state index >= 15 is 0 Å². The van der Waals surface area contributed by atoms with E-state index in [1.54, 1.807) is 57.2 Å². The van der Waals surface area contributed by atoms with Crippen LogP contribution in [-0.2, 0) is 9.53 Å². The number of nitro groups is 1. The van der Waals surface area contributed by atoms with Crippen molar-refractivity contribution in [3.8, 4) is 22.9 Å². The Morgan fingerprint density at radius 1 is 1.10 bits per heavy atom. The minimum Gasteiger partial charge on any atom is -0.490 e. The van der Waals surface area contributed by atoms with E-state index in [0.29, 0.717) is 22.3 Å². The number of carbonyl (C=O) groups is 1. The zero-order valence-corrected chi connectivity index (χ0v) is 21.6. The molecule has 200 valence electrons. The number of ether oxygens (including phenoxy) is 3. The van der Waals surface area contributed by atoms with Crippen molar-refractivity contribution in [2.24, 2.45) is 5.10 Å². The van der Waals surface area contributed by atoms with Crippen LogP contribution in [-0.4, -0.2) is 46.1 Å². The van der Waals surface area contributed by atoms with Gasteiger partial charge in [-0.15, -0.1) is 0 Å². The maximum absolute atomic E-state index is 13.4. The van der Waals surface area contributed by atoms with E-state index < -0.39 is 28.7 Å². The molecule has 0 N–H and O–H groups in total. The van der Waals surface area contributed by atoms with Gasteiger partial charge in [-0.25, -0.2) is 9.78 Å². The summed E-state index contributed by atoms with van der Waals surface area (Å²) < 4.78 is 17.2. The second kappa shape index (κ2) is 12.0. The van der Waals surface area contributed by atoms with E-state index in [4.69, 9.17) is 14.2 Å². The number of benzene rings is 3. The van der Waals surface area contributed by atoms with Gasteiger partial charge in [-0.3, -0.25) is 14.9 Å². The quantitative estimate of drug-likeness (QED) is 0.126. The molecule has 0 bridgehead atoms. The van der Waals surface area contributed by atoms with E-state index in [-0.39, 0.29) is 29.8 Å². The summed E-state index contributed by atoms with van der Waals surface area (Å²) in [6.07, 6.45) is 0.936. The highest BCUT2D eigenvalue weighted by Crippen LogP contribution is 2.38. The van der Waals surface area contributed by atoms with Crippen LogP contribution in [0.1, 0.15) is 26.3 Å². The van der Waals surface area contributed by atoms with Crippen LogP contribution in [0.2, 0.25) is 0 Å². The fourth-order valence-electron chi connectivity index (χ4n) is 3.78. The standard InChI is InChI=1S/C28H26N4O7/c1-4-37-24-15-19(14-23(32(35)36)26(24)38-17-25(33)39-18(2)3)16-29-31-27(20-10-6-5-7-11-20)30-22-13-9-8-12-21(22)28(31)34/h5-16,18H,4,17H2,1-3H3. The van der Waals surface area contributed by atoms with Gasteiger partial charge < -0.3 is 14.2 Å². The molecule has 0 spiro atoms. The molecule has 11 heteroatoms. The third kappa shape index (κ3) is 6.27. The molecule has 3 aromatic carbocycles. The molecular weight excluding hydrogens is 504 g/mol. The number of carbonyl (C=O) groups excluding carboxylic acids is 1. The van der Waals surface area contributed by atoms with Gasteiger partial charge in [0.2, 0.25) is 5.75 Å². The Bertz CT molecular complexity index is 1600. The lowest BCUT2D eigenvalue weighted by molar-refractivity contribution is -0.385. The molecule has 0 aliphatic rings. The number of rotatable bonds is 10. The number of para-hydroxylation sites is 1. The molecule has 1 aromatic heterocycles. The third-order valence-electron chi connectivity index (χ3n) is 5.36. The lowest BCUT2D eigenvalue weighted by Crippen LogP contribution is -2.20. The molecule has 0 amide bonds. The van der Waals surface area contributed by atoms with Crippen LogP contribution in [0.25, 0.3) is 22.3 Å². The summed E-state index contributed by atoms with van der Waals surface area (Å²) in [6.45, 7) is 4.71. The lowest BCUT2D eigenvalue weighted by atomic mass is 10.1. The average Bonchev–Trinajstić information content (AvgIpc) is 2.91. The van der Waals surface area contributed by atoms with Crippen molar-refractivity contribution in [2.45, 2.75) is 26.9 Å². The van der Waals surface area contributed by atoms with Crippen molar-refractivity contribution < 1.29 is 23.9 Å². The van der Waals surface area contributed by atoms with Gasteiger partial charge in [0.25, 0.3) is 5.56 Å². The van der Waals surface area contributed by atoms with Gasteiger partial charge in [-0.05, 0) is 39.0 Å². The predicted molar refractivity (Wildman–Crippen MR) is 145 cm³/mol. The molecule has 4 rings (SSSR count).